The normalized spacial score (nSPS) is 30.2. The van der Waals surface area contributed by atoms with Gasteiger partial charge < -0.3 is 24.8 Å². The summed E-state index contributed by atoms with van der Waals surface area (Å²) in [4.78, 5) is 2.10. The molecule has 2 aliphatic rings. The highest BCUT2D eigenvalue weighted by molar-refractivity contribution is 5.42. The highest BCUT2D eigenvalue weighted by Gasteiger charge is 2.54. The molecule has 6 heteroatoms. The van der Waals surface area contributed by atoms with Gasteiger partial charge in [-0.3, -0.25) is 4.90 Å². The Hall–Kier alpha value is -2.12. The average Bonchev–Trinajstić information content (AvgIpc) is 2.93. The molecule has 0 radical (unpaired) electrons. The number of benzene rings is 2. The van der Waals surface area contributed by atoms with Crippen LogP contribution in [0.3, 0.4) is 0 Å². The fraction of sp³-hybridized carbons (Fsp3) is 0.429. The van der Waals surface area contributed by atoms with E-state index in [4.69, 9.17) is 9.47 Å². The minimum Gasteiger partial charge on any atom is -0.508 e. The number of fused-ring (bicyclic) bond motifs is 1. The van der Waals surface area contributed by atoms with E-state index in [9.17, 15) is 15.3 Å². The molecule has 2 heterocycles. The molecule has 2 fully saturated rings. The summed E-state index contributed by atoms with van der Waals surface area (Å²) in [6.45, 7) is 4.64. The molecule has 0 bridgehead atoms. The van der Waals surface area contributed by atoms with Crippen LogP contribution in [0.4, 0.5) is 0 Å². The summed E-state index contributed by atoms with van der Waals surface area (Å²) in [7, 11) is 0. The molecule has 2 aromatic carbocycles. The fourth-order valence-corrected chi connectivity index (χ4v) is 4.16. The number of phenols is 2. The van der Waals surface area contributed by atoms with Crippen LogP contribution < -0.4 is 0 Å². The van der Waals surface area contributed by atoms with Gasteiger partial charge in [0.05, 0.1) is 12.1 Å². The predicted molar refractivity (Wildman–Crippen MR) is 99.2 cm³/mol. The van der Waals surface area contributed by atoms with Crippen molar-refractivity contribution in [2.75, 3.05) is 6.54 Å². The Kier molecular flexibility index (Phi) is 4.60. The smallest absolute Gasteiger partial charge is 0.163 e. The van der Waals surface area contributed by atoms with Gasteiger partial charge in [-0.1, -0.05) is 30.3 Å². The van der Waals surface area contributed by atoms with Crippen molar-refractivity contribution in [2.24, 2.45) is 0 Å². The van der Waals surface area contributed by atoms with Gasteiger partial charge in [0, 0.05) is 24.7 Å². The molecule has 4 atom stereocenters. The molecule has 0 amide bonds. The number of aliphatic hydroxyl groups is 1. The zero-order valence-corrected chi connectivity index (χ0v) is 15.4. The number of aromatic hydroxyl groups is 2. The van der Waals surface area contributed by atoms with E-state index in [1.807, 2.05) is 44.2 Å². The molecular formula is C21H25NO5. The van der Waals surface area contributed by atoms with Gasteiger partial charge in [-0.15, -0.1) is 0 Å². The molecule has 2 aromatic rings. The van der Waals surface area contributed by atoms with Gasteiger partial charge in [-0.2, -0.15) is 0 Å². The van der Waals surface area contributed by atoms with E-state index in [2.05, 4.69) is 4.90 Å². The molecule has 0 aliphatic carbocycles. The third kappa shape index (κ3) is 3.53. The van der Waals surface area contributed by atoms with Crippen LogP contribution in [0.25, 0.3) is 0 Å². The molecule has 3 N–H and O–H groups in total. The summed E-state index contributed by atoms with van der Waals surface area (Å²) in [5.74, 6) is -0.812. The monoisotopic (exact) mass is 371 g/mol. The second-order valence-electron chi connectivity index (χ2n) is 7.74. The van der Waals surface area contributed by atoms with Crippen LogP contribution >= 0.6 is 0 Å². The van der Waals surface area contributed by atoms with Crippen LogP contribution in [-0.2, 0) is 16.0 Å². The Morgan fingerprint density at radius 3 is 2.44 bits per heavy atom. The van der Waals surface area contributed by atoms with Crippen molar-refractivity contribution in [3.63, 3.8) is 0 Å². The summed E-state index contributed by atoms with van der Waals surface area (Å²) in [5, 5.41) is 30.9. The number of nitrogens with zero attached hydrogens (tertiary/aromatic N) is 1. The van der Waals surface area contributed by atoms with Crippen molar-refractivity contribution in [3.05, 3.63) is 59.7 Å². The maximum atomic E-state index is 10.7. The van der Waals surface area contributed by atoms with Crippen molar-refractivity contribution in [1.82, 2.24) is 4.90 Å². The highest BCUT2D eigenvalue weighted by atomic mass is 16.8. The lowest BCUT2D eigenvalue weighted by Crippen LogP contribution is -2.55. The SMILES string of the molecule is CC1(C)O[C@@H]2[C@H](O1)[C@H](O)CN(Cc1ccccc1)[C@H]2c1ccc(O)cc1O. The second-order valence-corrected chi connectivity index (χ2v) is 7.74. The van der Waals surface area contributed by atoms with Gasteiger partial charge in [-0.05, 0) is 31.5 Å². The Bertz CT molecular complexity index is 809. The van der Waals surface area contributed by atoms with Crippen LogP contribution in [0.2, 0.25) is 0 Å². The van der Waals surface area contributed by atoms with E-state index in [0.717, 1.165) is 5.56 Å². The lowest BCUT2D eigenvalue weighted by Gasteiger charge is -2.43. The summed E-state index contributed by atoms with van der Waals surface area (Å²) < 4.78 is 12.1. The lowest BCUT2D eigenvalue weighted by atomic mass is 9.88. The van der Waals surface area contributed by atoms with Crippen LogP contribution in [0, 0.1) is 0 Å². The van der Waals surface area contributed by atoms with Crippen LogP contribution in [-0.4, -0.2) is 50.9 Å². The maximum Gasteiger partial charge on any atom is 0.163 e. The van der Waals surface area contributed by atoms with Crippen molar-refractivity contribution in [2.45, 2.75) is 50.5 Å². The predicted octanol–water partition coefficient (Wildman–Crippen LogP) is 2.54. The standard InChI is InChI=1S/C21H25NO5/c1-21(2)26-19-17(25)12-22(11-13-6-4-3-5-7-13)18(20(19)27-21)15-9-8-14(23)10-16(15)24/h3-10,17-20,23-25H,11-12H2,1-2H3/t17-,18+,19-,20+/m1/s1. The summed E-state index contributed by atoms with van der Waals surface area (Å²) >= 11 is 0. The molecule has 6 nitrogen and oxygen atoms in total. The largest absolute Gasteiger partial charge is 0.508 e. The average molecular weight is 371 g/mol. The van der Waals surface area contributed by atoms with Crippen LogP contribution in [0.5, 0.6) is 11.5 Å². The number of phenolic OH excluding ortho intramolecular Hbond substituents is 2. The Balaban J connectivity index is 1.74. The van der Waals surface area contributed by atoms with Gasteiger partial charge in [-0.25, -0.2) is 0 Å². The molecule has 2 aliphatic heterocycles. The molecule has 0 unspecified atom stereocenters. The van der Waals surface area contributed by atoms with Crippen LogP contribution in [0.15, 0.2) is 48.5 Å². The van der Waals surface area contributed by atoms with E-state index in [-0.39, 0.29) is 17.5 Å². The summed E-state index contributed by atoms with van der Waals surface area (Å²) in [5.41, 5.74) is 1.75. The Labute approximate surface area is 158 Å². The first-order valence-corrected chi connectivity index (χ1v) is 9.17. The summed E-state index contributed by atoms with van der Waals surface area (Å²) in [6.07, 6.45) is -1.62. The number of ether oxygens (including phenoxy) is 2. The maximum absolute atomic E-state index is 10.7. The number of likely N-dealkylation sites (tertiary alicyclic amines) is 1. The molecule has 0 saturated carbocycles. The Morgan fingerprint density at radius 1 is 1.04 bits per heavy atom. The molecule has 0 spiro atoms. The third-order valence-electron chi connectivity index (χ3n) is 5.23. The number of piperidine rings is 1. The van der Waals surface area contributed by atoms with E-state index < -0.39 is 24.1 Å². The zero-order chi connectivity index (χ0) is 19.2. The minimum atomic E-state index is -0.816. The number of β-amino-alcohol motifs (C(OH)–C–C–N with tert-alkyl or cyclic N) is 1. The van der Waals surface area contributed by atoms with Crippen molar-refractivity contribution in [1.29, 1.82) is 0 Å². The third-order valence-corrected chi connectivity index (χ3v) is 5.23. The van der Waals surface area contributed by atoms with E-state index in [1.165, 1.54) is 6.07 Å². The first-order valence-electron chi connectivity index (χ1n) is 9.17. The topological polar surface area (TPSA) is 82.4 Å². The van der Waals surface area contributed by atoms with Crippen molar-refractivity contribution in [3.8, 4) is 11.5 Å². The van der Waals surface area contributed by atoms with Gasteiger partial charge in [0.1, 0.15) is 23.7 Å². The van der Waals surface area contributed by atoms with Gasteiger partial charge >= 0.3 is 0 Å². The minimum absolute atomic E-state index is 0.00140. The van der Waals surface area contributed by atoms with Gasteiger partial charge in [0.2, 0.25) is 0 Å². The molecule has 0 aromatic heterocycles. The Morgan fingerprint density at radius 2 is 1.74 bits per heavy atom. The van der Waals surface area contributed by atoms with Crippen molar-refractivity contribution < 1.29 is 24.8 Å². The highest BCUT2D eigenvalue weighted by Crippen LogP contribution is 2.45. The van der Waals surface area contributed by atoms with Crippen LogP contribution in [0.1, 0.15) is 31.0 Å². The van der Waals surface area contributed by atoms with Gasteiger partial charge in [0.15, 0.2) is 5.79 Å². The van der Waals surface area contributed by atoms with E-state index in [1.54, 1.807) is 12.1 Å². The fourth-order valence-electron chi connectivity index (χ4n) is 4.16. The molecule has 27 heavy (non-hydrogen) atoms. The molecule has 2 saturated heterocycles. The number of rotatable bonds is 3. The zero-order valence-electron chi connectivity index (χ0n) is 15.4. The van der Waals surface area contributed by atoms with E-state index in [0.29, 0.717) is 18.7 Å². The number of hydrogen-bond donors (Lipinski definition) is 3. The molecule has 144 valence electrons. The number of aliphatic hydroxyl groups excluding tert-OH is 1. The second kappa shape index (κ2) is 6.80. The number of hydrogen-bond acceptors (Lipinski definition) is 6. The summed E-state index contributed by atoms with van der Waals surface area (Å²) in [6, 6.07) is 14.2. The van der Waals surface area contributed by atoms with Crippen molar-refractivity contribution >= 4 is 0 Å². The quantitative estimate of drug-likeness (QED) is 0.769. The van der Waals surface area contributed by atoms with Gasteiger partial charge in [0.25, 0.3) is 0 Å². The first-order chi connectivity index (χ1) is 12.8. The first kappa shape index (κ1) is 18.3. The molecule has 4 rings (SSSR count). The lowest BCUT2D eigenvalue weighted by molar-refractivity contribution is -0.153. The van der Waals surface area contributed by atoms with E-state index >= 15 is 0 Å². The molecular weight excluding hydrogens is 346 g/mol.